The van der Waals surface area contributed by atoms with Gasteiger partial charge in [0.2, 0.25) is 5.78 Å². The minimum atomic E-state index is -0.457. The molecule has 0 aliphatic carbocycles. The first-order valence-electron chi connectivity index (χ1n) is 5.74. The smallest absolute Gasteiger partial charge is 0.349 e. The number of H-pyrrole nitrogens is 1. The van der Waals surface area contributed by atoms with Crippen molar-refractivity contribution in [2.75, 3.05) is 7.11 Å². The maximum atomic E-state index is 11.2. The van der Waals surface area contributed by atoms with E-state index in [2.05, 4.69) is 21.0 Å². The lowest BCUT2D eigenvalue weighted by Crippen LogP contribution is -2.11. The average molecular weight is 267 g/mol. The first-order chi connectivity index (χ1) is 9.71. The zero-order valence-electron chi connectivity index (χ0n) is 10.5. The molecule has 0 aliphatic rings. The molecule has 0 atom stereocenters. The molecule has 3 rings (SSSR count). The summed E-state index contributed by atoms with van der Waals surface area (Å²) in [6.45, 7) is 0. The van der Waals surface area contributed by atoms with E-state index in [-0.39, 0.29) is 0 Å². The van der Waals surface area contributed by atoms with Crippen molar-refractivity contribution >= 4 is 5.78 Å². The van der Waals surface area contributed by atoms with Crippen LogP contribution in [-0.2, 0) is 0 Å². The van der Waals surface area contributed by atoms with Crippen molar-refractivity contribution in [1.82, 2.24) is 19.4 Å². The third kappa shape index (κ3) is 1.89. The lowest BCUT2D eigenvalue weighted by molar-refractivity contribution is 0.416. The minimum absolute atomic E-state index is 0.395. The number of rotatable bonds is 2. The number of nitrogens with zero attached hydrogens (tertiary/aromatic N) is 4. The van der Waals surface area contributed by atoms with Crippen LogP contribution in [-0.4, -0.2) is 26.5 Å². The van der Waals surface area contributed by atoms with Gasteiger partial charge >= 0.3 is 5.69 Å². The maximum absolute atomic E-state index is 11.2. The standard InChI is InChI=1S/C13H9N5O2/c1-20-11-4-8(5-14)2-3-9(11)10-6-18-7-15-13(19)17-12(18)16-10/h2-4,6-7H,1H3,(H,16,17,19). The Labute approximate surface area is 113 Å². The van der Waals surface area contributed by atoms with Crippen LogP contribution in [0.15, 0.2) is 35.5 Å². The molecule has 0 bridgehead atoms. The molecule has 0 spiro atoms. The summed E-state index contributed by atoms with van der Waals surface area (Å²) in [4.78, 5) is 21.6. The van der Waals surface area contributed by atoms with E-state index in [9.17, 15) is 4.79 Å². The van der Waals surface area contributed by atoms with E-state index in [0.717, 1.165) is 5.56 Å². The lowest BCUT2D eigenvalue weighted by Gasteiger charge is -2.05. The minimum Gasteiger partial charge on any atom is -0.496 e. The van der Waals surface area contributed by atoms with Crippen molar-refractivity contribution in [1.29, 1.82) is 5.26 Å². The number of hydrogen-bond acceptors (Lipinski definition) is 5. The number of ether oxygens (including phenoxy) is 1. The van der Waals surface area contributed by atoms with Crippen LogP contribution in [0, 0.1) is 11.3 Å². The zero-order valence-corrected chi connectivity index (χ0v) is 10.5. The van der Waals surface area contributed by atoms with Gasteiger partial charge in [0.25, 0.3) is 0 Å². The normalized spacial score (nSPS) is 10.4. The van der Waals surface area contributed by atoms with Crippen LogP contribution in [0.3, 0.4) is 0 Å². The predicted octanol–water partition coefficient (Wildman–Crippen LogP) is 0.965. The zero-order chi connectivity index (χ0) is 14.1. The topological polar surface area (TPSA) is 96.1 Å². The molecule has 7 heteroatoms. The van der Waals surface area contributed by atoms with E-state index in [0.29, 0.717) is 22.8 Å². The third-order valence-corrected chi connectivity index (χ3v) is 2.86. The molecule has 0 unspecified atom stereocenters. The van der Waals surface area contributed by atoms with Crippen molar-refractivity contribution in [3.8, 4) is 23.1 Å². The van der Waals surface area contributed by atoms with Gasteiger partial charge in [-0.25, -0.2) is 9.78 Å². The quantitative estimate of drug-likeness (QED) is 0.746. The number of aromatic nitrogens is 4. The summed E-state index contributed by atoms with van der Waals surface area (Å²) >= 11 is 0. The Kier molecular flexibility index (Phi) is 2.69. The summed E-state index contributed by atoms with van der Waals surface area (Å²) in [7, 11) is 1.53. The number of hydrogen-bond donors (Lipinski definition) is 1. The number of benzene rings is 1. The number of fused-ring (bicyclic) bond motifs is 1. The summed E-state index contributed by atoms with van der Waals surface area (Å²) in [6, 6.07) is 7.13. The van der Waals surface area contributed by atoms with E-state index >= 15 is 0 Å². The summed E-state index contributed by atoms with van der Waals surface area (Å²) in [5, 5.41) is 8.89. The van der Waals surface area contributed by atoms with E-state index in [4.69, 9.17) is 10.00 Å². The fourth-order valence-electron chi connectivity index (χ4n) is 1.92. The van der Waals surface area contributed by atoms with E-state index in [1.54, 1.807) is 28.8 Å². The highest BCUT2D eigenvalue weighted by Gasteiger charge is 2.11. The average Bonchev–Trinajstić information content (AvgIpc) is 2.89. The molecule has 0 saturated heterocycles. The monoisotopic (exact) mass is 267 g/mol. The maximum Gasteiger partial charge on any atom is 0.349 e. The molecule has 0 radical (unpaired) electrons. The highest BCUT2D eigenvalue weighted by molar-refractivity contribution is 5.69. The van der Waals surface area contributed by atoms with Crippen LogP contribution in [0.1, 0.15) is 5.56 Å². The van der Waals surface area contributed by atoms with E-state index < -0.39 is 5.69 Å². The fourth-order valence-corrected chi connectivity index (χ4v) is 1.92. The summed E-state index contributed by atoms with van der Waals surface area (Å²) in [5.41, 5.74) is 1.40. The molecule has 98 valence electrons. The number of imidazole rings is 1. The molecule has 1 aromatic carbocycles. The largest absolute Gasteiger partial charge is 0.496 e. The summed E-state index contributed by atoms with van der Waals surface area (Å²) in [6.07, 6.45) is 3.11. The molecule has 0 fully saturated rings. The van der Waals surface area contributed by atoms with Crippen LogP contribution in [0.5, 0.6) is 5.75 Å². The Morgan fingerprint density at radius 1 is 1.45 bits per heavy atom. The molecule has 2 heterocycles. The van der Waals surface area contributed by atoms with Crippen molar-refractivity contribution in [2.45, 2.75) is 0 Å². The highest BCUT2D eigenvalue weighted by Crippen LogP contribution is 2.29. The summed E-state index contributed by atoms with van der Waals surface area (Å²) < 4.78 is 6.88. The Balaban J connectivity index is 2.20. The van der Waals surface area contributed by atoms with Crippen LogP contribution >= 0.6 is 0 Å². The number of aromatic amines is 1. The summed E-state index contributed by atoms with van der Waals surface area (Å²) in [5.74, 6) is 0.939. The van der Waals surface area contributed by atoms with Gasteiger partial charge in [-0.05, 0) is 18.2 Å². The van der Waals surface area contributed by atoms with Crippen LogP contribution in [0.2, 0.25) is 0 Å². The van der Waals surface area contributed by atoms with Crippen LogP contribution in [0.25, 0.3) is 17.0 Å². The van der Waals surface area contributed by atoms with Gasteiger partial charge in [0.05, 0.1) is 24.4 Å². The first kappa shape index (κ1) is 11.9. The third-order valence-electron chi connectivity index (χ3n) is 2.86. The van der Waals surface area contributed by atoms with Gasteiger partial charge < -0.3 is 4.74 Å². The Hall–Kier alpha value is -3.14. The molecule has 0 saturated carbocycles. The molecule has 0 amide bonds. The second-order valence-corrected chi connectivity index (χ2v) is 4.06. The molecule has 1 N–H and O–H groups in total. The molecular weight excluding hydrogens is 258 g/mol. The van der Waals surface area contributed by atoms with Crippen LogP contribution < -0.4 is 10.4 Å². The van der Waals surface area contributed by atoms with Gasteiger partial charge in [0, 0.05) is 11.8 Å². The highest BCUT2D eigenvalue weighted by atomic mass is 16.5. The first-order valence-corrected chi connectivity index (χ1v) is 5.74. The van der Waals surface area contributed by atoms with E-state index in [1.807, 2.05) is 0 Å². The molecule has 7 nitrogen and oxygen atoms in total. The van der Waals surface area contributed by atoms with Gasteiger partial charge in [-0.3, -0.25) is 9.38 Å². The Morgan fingerprint density at radius 2 is 2.30 bits per heavy atom. The Bertz CT molecular complexity index is 888. The lowest BCUT2D eigenvalue weighted by atomic mass is 10.1. The van der Waals surface area contributed by atoms with Crippen molar-refractivity contribution in [3.05, 3.63) is 46.8 Å². The second kappa shape index (κ2) is 4.51. The van der Waals surface area contributed by atoms with Crippen LogP contribution in [0.4, 0.5) is 0 Å². The number of methoxy groups -OCH3 is 1. The van der Waals surface area contributed by atoms with Gasteiger partial charge in [0.15, 0.2) is 0 Å². The predicted molar refractivity (Wildman–Crippen MR) is 70.3 cm³/mol. The molecule has 0 aliphatic heterocycles. The molecule has 2 aromatic heterocycles. The molecular formula is C13H9N5O2. The molecule has 20 heavy (non-hydrogen) atoms. The van der Waals surface area contributed by atoms with Gasteiger partial charge in [0.1, 0.15) is 12.1 Å². The van der Waals surface area contributed by atoms with Gasteiger partial charge in [-0.2, -0.15) is 10.2 Å². The molecule has 3 aromatic rings. The number of nitrogens with one attached hydrogen (secondary N) is 1. The second-order valence-electron chi connectivity index (χ2n) is 4.06. The van der Waals surface area contributed by atoms with Crippen molar-refractivity contribution in [3.63, 3.8) is 0 Å². The van der Waals surface area contributed by atoms with Crippen molar-refractivity contribution < 1.29 is 4.74 Å². The SMILES string of the molecule is COc1cc(C#N)ccc1-c1cn2cnc(=O)[nH]c2n1. The van der Waals surface area contributed by atoms with Gasteiger partial charge in [-0.1, -0.05) is 0 Å². The number of nitriles is 1. The van der Waals surface area contributed by atoms with E-state index in [1.165, 1.54) is 13.4 Å². The Morgan fingerprint density at radius 3 is 3.05 bits per heavy atom. The van der Waals surface area contributed by atoms with Crippen molar-refractivity contribution in [2.24, 2.45) is 0 Å². The van der Waals surface area contributed by atoms with Gasteiger partial charge in [-0.15, -0.1) is 0 Å². The fraction of sp³-hybridized carbons (Fsp3) is 0.0769.